The van der Waals surface area contributed by atoms with Crippen molar-refractivity contribution in [3.8, 4) is 11.4 Å². The molecule has 178 valence electrons. The van der Waals surface area contributed by atoms with Crippen LogP contribution in [0.1, 0.15) is 108 Å². The molecule has 2 N–H and O–H groups in total. The number of unbranched alkanes of at least 4 members (excludes halogenated alkanes) is 2. The molecule has 0 aliphatic rings. The molecule has 0 aliphatic heterocycles. The Morgan fingerprint density at radius 2 is 1.47 bits per heavy atom. The lowest BCUT2D eigenvalue weighted by Crippen LogP contribution is -2.14. The molecule has 2 heterocycles. The van der Waals surface area contributed by atoms with Gasteiger partial charge in [0, 0.05) is 18.0 Å². The van der Waals surface area contributed by atoms with Gasteiger partial charge in [-0.05, 0) is 31.7 Å². The Morgan fingerprint density at radius 1 is 0.906 bits per heavy atom. The van der Waals surface area contributed by atoms with E-state index < -0.39 is 11.7 Å². The summed E-state index contributed by atoms with van der Waals surface area (Å²) in [4.78, 5) is 13.7. The smallest absolute Gasteiger partial charge is 0.382 e. The summed E-state index contributed by atoms with van der Waals surface area (Å²) in [6, 6.07) is 0.909. The van der Waals surface area contributed by atoms with Crippen LogP contribution in [-0.4, -0.2) is 15.0 Å². The van der Waals surface area contributed by atoms with Crippen LogP contribution in [0.5, 0.6) is 0 Å². The Hall–Kier alpha value is -1.89. The average Bonchev–Trinajstić information content (AvgIpc) is 2.75. The Morgan fingerprint density at radius 3 is 1.94 bits per heavy atom. The molecule has 0 saturated carbocycles. The van der Waals surface area contributed by atoms with Gasteiger partial charge in [0.2, 0.25) is 0 Å². The number of alkyl halides is 3. The molecule has 2 unspecified atom stereocenters. The maximum absolute atomic E-state index is 13.1. The van der Waals surface area contributed by atoms with E-state index in [-0.39, 0.29) is 22.6 Å². The van der Waals surface area contributed by atoms with Crippen LogP contribution in [-0.2, 0) is 6.18 Å². The van der Waals surface area contributed by atoms with Crippen LogP contribution >= 0.6 is 11.6 Å². The topological polar surface area (TPSA) is 64.7 Å². The highest BCUT2D eigenvalue weighted by atomic mass is 35.5. The van der Waals surface area contributed by atoms with E-state index in [1.54, 1.807) is 0 Å². The zero-order valence-electron chi connectivity index (χ0n) is 19.4. The maximum atomic E-state index is 13.1. The molecule has 2 aromatic rings. The zero-order valence-corrected chi connectivity index (χ0v) is 20.2. The van der Waals surface area contributed by atoms with Crippen LogP contribution in [0.4, 0.5) is 19.0 Å². The molecule has 0 saturated heterocycles. The molecule has 32 heavy (non-hydrogen) atoms. The van der Waals surface area contributed by atoms with E-state index in [2.05, 4.69) is 32.7 Å². The largest absolute Gasteiger partial charge is 0.417 e. The second-order valence-electron chi connectivity index (χ2n) is 8.27. The molecule has 8 heteroatoms. The third kappa shape index (κ3) is 6.33. The molecule has 2 aromatic heterocycles. The Bertz CT molecular complexity index is 886. The summed E-state index contributed by atoms with van der Waals surface area (Å²) < 4.78 is 39.4. The van der Waals surface area contributed by atoms with Gasteiger partial charge in [-0.2, -0.15) is 13.2 Å². The summed E-state index contributed by atoms with van der Waals surface area (Å²) >= 11 is 6.32. The van der Waals surface area contributed by atoms with E-state index in [4.69, 9.17) is 27.3 Å². The predicted octanol–water partition coefficient (Wildman–Crippen LogP) is 8.16. The molecular formula is C24H34ClF3N4. The number of rotatable bonds is 11. The number of aromatic nitrogens is 3. The lowest BCUT2D eigenvalue weighted by molar-refractivity contribution is -0.137. The number of anilines is 1. The standard InChI is InChI=1S/C24H34ClF3N4/c1-5-9-11-15(7-3)19-22(21-18(25)13-17(14-30-21)24(26,27)28)31-20(23(29)32-19)16(8-4)12-10-6-2/h13-16H,5-12H2,1-4H3,(H2,29,32). The monoisotopic (exact) mass is 470 g/mol. The molecule has 0 aromatic carbocycles. The minimum Gasteiger partial charge on any atom is -0.382 e. The lowest BCUT2D eigenvalue weighted by Gasteiger charge is -2.22. The fourth-order valence-electron chi connectivity index (χ4n) is 3.97. The van der Waals surface area contributed by atoms with Gasteiger partial charge in [-0.15, -0.1) is 0 Å². The first-order chi connectivity index (χ1) is 15.2. The van der Waals surface area contributed by atoms with Gasteiger partial charge in [0.15, 0.2) is 0 Å². The number of halogens is 4. The van der Waals surface area contributed by atoms with Gasteiger partial charge >= 0.3 is 6.18 Å². The van der Waals surface area contributed by atoms with E-state index in [1.807, 2.05) is 0 Å². The number of nitrogens with two attached hydrogens (primary N) is 1. The van der Waals surface area contributed by atoms with Crippen molar-refractivity contribution in [2.45, 2.75) is 97.1 Å². The molecule has 2 atom stereocenters. The lowest BCUT2D eigenvalue weighted by atomic mass is 9.91. The third-order valence-electron chi connectivity index (χ3n) is 5.94. The van der Waals surface area contributed by atoms with Crippen molar-refractivity contribution < 1.29 is 13.2 Å². The fourth-order valence-corrected chi connectivity index (χ4v) is 4.23. The highest BCUT2D eigenvalue weighted by Gasteiger charge is 2.32. The van der Waals surface area contributed by atoms with Crippen molar-refractivity contribution in [2.75, 3.05) is 5.73 Å². The first kappa shape index (κ1) is 26.4. The zero-order chi connectivity index (χ0) is 23.9. The average molecular weight is 471 g/mol. The molecule has 0 radical (unpaired) electrons. The van der Waals surface area contributed by atoms with E-state index >= 15 is 0 Å². The predicted molar refractivity (Wildman–Crippen MR) is 125 cm³/mol. The summed E-state index contributed by atoms with van der Waals surface area (Å²) in [7, 11) is 0. The van der Waals surface area contributed by atoms with Gasteiger partial charge < -0.3 is 5.73 Å². The molecule has 0 bridgehead atoms. The van der Waals surface area contributed by atoms with Gasteiger partial charge in [-0.1, -0.05) is 65.0 Å². The maximum Gasteiger partial charge on any atom is 0.417 e. The molecule has 0 spiro atoms. The highest BCUT2D eigenvalue weighted by molar-refractivity contribution is 6.33. The SMILES string of the molecule is CCCCC(CC)c1nc(-c2ncc(C(F)(F)F)cc2Cl)c(C(CC)CCCC)nc1N. The van der Waals surface area contributed by atoms with Crippen LogP contribution < -0.4 is 5.73 Å². The summed E-state index contributed by atoms with van der Waals surface area (Å²) in [5.41, 5.74) is 7.52. The van der Waals surface area contributed by atoms with E-state index in [0.29, 0.717) is 22.9 Å². The number of pyridine rings is 1. The third-order valence-corrected chi connectivity index (χ3v) is 6.23. The first-order valence-corrected chi connectivity index (χ1v) is 12.0. The van der Waals surface area contributed by atoms with Gasteiger partial charge in [-0.3, -0.25) is 4.98 Å². The number of nitrogens with zero attached hydrogens (tertiary/aromatic N) is 3. The van der Waals surface area contributed by atoms with E-state index in [1.165, 1.54) is 0 Å². The van der Waals surface area contributed by atoms with Crippen LogP contribution in [0.25, 0.3) is 11.4 Å². The molecule has 0 aliphatic carbocycles. The summed E-state index contributed by atoms with van der Waals surface area (Å²) in [6.45, 7) is 8.38. The molecule has 4 nitrogen and oxygen atoms in total. The van der Waals surface area contributed by atoms with Gasteiger partial charge in [0.25, 0.3) is 0 Å². The Kier molecular flexibility index (Phi) is 9.74. The van der Waals surface area contributed by atoms with E-state index in [9.17, 15) is 13.2 Å². The minimum atomic E-state index is -4.52. The fraction of sp³-hybridized carbons (Fsp3) is 0.625. The van der Waals surface area contributed by atoms with Gasteiger partial charge in [0.1, 0.15) is 17.2 Å². The van der Waals surface area contributed by atoms with Crippen LogP contribution in [0.15, 0.2) is 12.3 Å². The van der Waals surface area contributed by atoms with Crippen LogP contribution in [0.3, 0.4) is 0 Å². The van der Waals surface area contributed by atoms with Crippen molar-refractivity contribution in [3.63, 3.8) is 0 Å². The Labute approximate surface area is 194 Å². The van der Waals surface area contributed by atoms with Crippen molar-refractivity contribution >= 4 is 17.4 Å². The molecule has 0 fully saturated rings. The van der Waals surface area contributed by atoms with Crippen molar-refractivity contribution in [2.24, 2.45) is 0 Å². The normalized spacial score (nSPS) is 13.9. The van der Waals surface area contributed by atoms with Crippen LogP contribution in [0, 0.1) is 0 Å². The number of hydrogen-bond acceptors (Lipinski definition) is 4. The van der Waals surface area contributed by atoms with Crippen LogP contribution in [0.2, 0.25) is 5.02 Å². The number of hydrogen-bond donors (Lipinski definition) is 1. The highest BCUT2D eigenvalue weighted by Crippen LogP contribution is 2.39. The first-order valence-electron chi connectivity index (χ1n) is 11.6. The van der Waals surface area contributed by atoms with Crippen molar-refractivity contribution in [1.82, 2.24) is 15.0 Å². The van der Waals surface area contributed by atoms with Gasteiger partial charge in [-0.25, -0.2) is 9.97 Å². The van der Waals surface area contributed by atoms with Gasteiger partial charge in [0.05, 0.1) is 22.0 Å². The molecule has 2 rings (SSSR count). The van der Waals surface area contributed by atoms with Crippen molar-refractivity contribution in [3.05, 3.63) is 34.2 Å². The minimum absolute atomic E-state index is 0.0738. The quantitative estimate of drug-likeness (QED) is 0.359. The number of nitrogen functional groups attached to an aromatic ring is 1. The second-order valence-corrected chi connectivity index (χ2v) is 8.68. The summed E-state index contributed by atoms with van der Waals surface area (Å²) in [6.07, 6.45) is 3.88. The summed E-state index contributed by atoms with van der Waals surface area (Å²) in [5.74, 6) is 0.591. The molecule has 0 amide bonds. The molecular weight excluding hydrogens is 437 g/mol. The summed E-state index contributed by atoms with van der Waals surface area (Å²) in [5, 5.41) is -0.0851. The Balaban J connectivity index is 2.69. The van der Waals surface area contributed by atoms with Crippen molar-refractivity contribution in [1.29, 1.82) is 0 Å². The second kappa shape index (κ2) is 11.8. The van der Waals surface area contributed by atoms with E-state index in [0.717, 1.165) is 63.6 Å².